The molecule has 0 bridgehead atoms. The first-order valence-corrected chi connectivity index (χ1v) is 10.4. The van der Waals surface area contributed by atoms with Gasteiger partial charge in [-0.05, 0) is 35.9 Å². The lowest BCUT2D eigenvalue weighted by molar-refractivity contribution is -0.204. The van der Waals surface area contributed by atoms with Crippen molar-refractivity contribution in [2.45, 2.75) is 17.8 Å². The first kappa shape index (κ1) is 22.3. The van der Waals surface area contributed by atoms with Crippen LogP contribution in [0.3, 0.4) is 0 Å². The molecule has 2 aliphatic rings. The second-order valence-corrected chi connectivity index (χ2v) is 7.76. The van der Waals surface area contributed by atoms with E-state index in [-0.39, 0.29) is 34.9 Å². The fourth-order valence-corrected chi connectivity index (χ4v) is 4.10. The van der Waals surface area contributed by atoms with E-state index in [1.165, 1.54) is 54.7 Å². The summed E-state index contributed by atoms with van der Waals surface area (Å²) in [7, 11) is 0. The van der Waals surface area contributed by atoms with E-state index in [4.69, 9.17) is 14.2 Å². The van der Waals surface area contributed by atoms with Gasteiger partial charge >= 0.3 is 6.18 Å². The fourth-order valence-electron chi connectivity index (χ4n) is 4.10. The molecule has 0 radical (unpaired) electrons. The van der Waals surface area contributed by atoms with E-state index in [9.17, 15) is 23.2 Å². The van der Waals surface area contributed by atoms with E-state index in [0.717, 1.165) is 0 Å². The third-order valence-electron chi connectivity index (χ3n) is 5.77. The van der Waals surface area contributed by atoms with Gasteiger partial charge < -0.3 is 19.5 Å². The molecule has 10 heteroatoms. The Morgan fingerprint density at radius 2 is 1.80 bits per heavy atom. The summed E-state index contributed by atoms with van der Waals surface area (Å²) < 4.78 is 61.0. The maximum atomic E-state index is 14.9. The van der Waals surface area contributed by atoms with Gasteiger partial charge in [0.2, 0.25) is 24.0 Å². The summed E-state index contributed by atoms with van der Waals surface area (Å²) in [6.45, 7) is -0.0620. The number of allylic oxidation sites excluding steroid dienone is 1. The molecule has 3 aromatic rings. The topological polar surface area (TPSA) is 93.5 Å². The van der Waals surface area contributed by atoms with Crippen LogP contribution in [-0.4, -0.2) is 29.8 Å². The van der Waals surface area contributed by atoms with Gasteiger partial charge in [0.15, 0.2) is 17.6 Å². The van der Waals surface area contributed by atoms with Crippen LogP contribution in [-0.2, 0) is 10.3 Å². The number of hydrogen-bond donors (Lipinski definition) is 1. The van der Waals surface area contributed by atoms with Crippen molar-refractivity contribution in [2.24, 2.45) is 0 Å². The first-order chi connectivity index (χ1) is 16.8. The highest BCUT2D eigenvalue weighted by Crippen LogP contribution is 2.49. The summed E-state index contributed by atoms with van der Waals surface area (Å²) in [6.07, 6.45) is -5.70. The number of nitrogens with one attached hydrogen (secondary N) is 1. The van der Waals surface area contributed by atoms with Gasteiger partial charge in [0.05, 0.1) is 5.69 Å². The average molecular weight is 479 g/mol. The molecule has 2 unspecified atom stereocenters. The molecule has 2 atom stereocenters. The highest BCUT2D eigenvalue weighted by Gasteiger charge is 2.68. The van der Waals surface area contributed by atoms with Crippen LogP contribution in [0.15, 0.2) is 78.8 Å². The summed E-state index contributed by atoms with van der Waals surface area (Å²) >= 11 is 0. The standard InChI is InChI=1S/C25H16F3N3O4/c26-25(27,28)24(16-6-2-1-3-7-16)22(21(32)15-9-10-19-20(12-15)34-14-33-19)35-23(31-24)17(13-29)18-8-4-5-11-30-18/h1-12,22,31H,14H2/b23-17+. The molecule has 35 heavy (non-hydrogen) atoms. The molecule has 2 aromatic carbocycles. The highest BCUT2D eigenvalue weighted by atomic mass is 19.4. The number of ether oxygens (including phenoxy) is 3. The number of nitriles is 1. The smallest absolute Gasteiger partial charge is 0.419 e. The van der Waals surface area contributed by atoms with Crippen molar-refractivity contribution >= 4 is 11.4 Å². The van der Waals surface area contributed by atoms with Gasteiger partial charge in [-0.2, -0.15) is 18.4 Å². The number of benzene rings is 2. The lowest BCUT2D eigenvalue weighted by atomic mass is 9.81. The van der Waals surface area contributed by atoms with E-state index < -0.39 is 29.5 Å². The number of carbonyl (C=O) groups is 1. The van der Waals surface area contributed by atoms with Crippen LogP contribution in [0.5, 0.6) is 11.5 Å². The van der Waals surface area contributed by atoms with Crippen LogP contribution in [0, 0.1) is 11.3 Å². The number of pyridine rings is 1. The van der Waals surface area contributed by atoms with Crippen molar-refractivity contribution in [1.29, 1.82) is 5.26 Å². The maximum absolute atomic E-state index is 14.9. The summed E-state index contributed by atoms with van der Waals surface area (Å²) in [6, 6.07) is 17.5. The number of ketones is 1. The van der Waals surface area contributed by atoms with Crippen LogP contribution in [0.1, 0.15) is 21.6 Å². The molecule has 1 saturated heterocycles. The lowest BCUT2D eigenvalue weighted by Crippen LogP contribution is -2.58. The normalized spacial score (nSPS) is 22.1. The van der Waals surface area contributed by atoms with E-state index in [2.05, 4.69) is 10.3 Å². The summed E-state index contributed by atoms with van der Waals surface area (Å²) in [5.41, 5.74) is -3.47. The summed E-state index contributed by atoms with van der Waals surface area (Å²) in [5.74, 6) is -0.836. The Balaban J connectivity index is 1.70. The Morgan fingerprint density at radius 3 is 2.49 bits per heavy atom. The third-order valence-corrected chi connectivity index (χ3v) is 5.77. The largest absolute Gasteiger partial charge is 0.463 e. The minimum absolute atomic E-state index is 0.0620. The van der Waals surface area contributed by atoms with Crippen LogP contribution < -0.4 is 14.8 Å². The zero-order chi connectivity index (χ0) is 24.6. The Labute approximate surface area is 197 Å². The number of halogens is 3. The number of rotatable bonds is 4. The van der Waals surface area contributed by atoms with E-state index >= 15 is 0 Å². The SMILES string of the molecule is N#C/C(=C1/NC(c2ccccc2)(C(F)(F)F)C(C(=O)c2ccc3c(c2)OCO3)O1)c1ccccn1. The summed E-state index contributed by atoms with van der Waals surface area (Å²) in [4.78, 5) is 17.6. The predicted octanol–water partition coefficient (Wildman–Crippen LogP) is 4.33. The minimum Gasteiger partial charge on any atom is -0.463 e. The number of hydrogen-bond acceptors (Lipinski definition) is 7. The molecule has 2 aliphatic heterocycles. The Kier molecular flexibility index (Phi) is 5.32. The molecule has 0 spiro atoms. The van der Waals surface area contributed by atoms with Gasteiger partial charge in [0.25, 0.3) is 0 Å². The Bertz CT molecular complexity index is 1350. The monoisotopic (exact) mass is 479 g/mol. The summed E-state index contributed by atoms with van der Waals surface area (Å²) in [5, 5.41) is 12.1. The number of alkyl halides is 3. The molecule has 1 N–H and O–H groups in total. The molecule has 1 fully saturated rings. The van der Waals surface area contributed by atoms with Crippen molar-refractivity contribution in [2.75, 3.05) is 6.79 Å². The second-order valence-electron chi connectivity index (χ2n) is 7.76. The molecule has 0 amide bonds. The van der Waals surface area contributed by atoms with Gasteiger partial charge in [-0.25, -0.2) is 0 Å². The molecular weight excluding hydrogens is 463 g/mol. The zero-order valence-electron chi connectivity index (χ0n) is 17.9. The Morgan fingerprint density at radius 1 is 1.06 bits per heavy atom. The van der Waals surface area contributed by atoms with Crippen LogP contribution in [0.4, 0.5) is 13.2 Å². The molecule has 1 aromatic heterocycles. The number of fused-ring (bicyclic) bond motifs is 1. The zero-order valence-corrected chi connectivity index (χ0v) is 17.9. The minimum atomic E-state index is -5.00. The van der Waals surface area contributed by atoms with Crippen molar-refractivity contribution in [3.8, 4) is 17.6 Å². The number of nitrogens with zero attached hydrogens (tertiary/aromatic N) is 2. The lowest BCUT2D eigenvalue weighted by Gasteiger charge is -2.34. The molecule has 7 nitrogen and oxygen atoms in total. The number of carbonyl (C=O) groups excluding carboxylic acids is 1. The molecular formula is C25H16F3N3O4. The van der Waals surface area contributed by atoms with Gasteiger partial charge in [0.1, 0.15) is 11.6 Å². The molecule has 5 rings (SSSR count). The van der Waals surface area contributed by atoms with Gasteiger partial charge in [-0.3, -0.25) is 9.78 Å². The predicted molar refractivity (Wildman–Crippen MR) is 116 cm³/mol. The Hall–Kier alpha value is -4.52. The van der Waals surface area contributed by atoms with E-state index in [1.807, 2.05) is 6.07 Å². The van der Waals surface area contributed by atoms with Gasteiger partial charge in [0, 0.05) is 11.8 Å². The number of Topliss-reactive ketones (excluding diaryl/α,β-unsaturated/α-hetero) is 1. The van der Waals surface area contributed by atoms with Crippen LogP contribution in [0.2, 0.25) is 0 Å². The number of aromatic nitrogens is 1. The maximum Gasteiger partial charge on any atom is 0.419 e. The highest BCUT2D eigenvalue weighted by molar-refractivity contribution is 6.02. The van der Waals surface area contributed by atoms with Crippen molar-refractivity contribution in [1.82, 2.24) is 10.3 Å². The van der Waals surface area contributed by atoms with E-state index in [1.54, 1.807) is 18.2 Å². The first-order valence-electron chi connectivity index (χ1n) is 10.4. The van der Waals surface area contributed by atoms with Crippen molar-refractivity contribution < 1.29 is 32.2 Å². The second kappa shape index (κ2) is 8.36. The molecule has 176 valence electrons. The fraction of sp³-hybridized carbons (Fsp3) is 0.160. The van der Waals surface area contributed by atoms with Crippen LogP contribution >= 0.6 is 0 Å². The average Bonchev–Trinajstić information content (AvgIpc) is 3.50. The molecule has 0 saturated carbocycles. The van der Waals surface area contributed by atoms with Crippen LogP contribution in [0.25, 0.3) is 5.57 Å². The quantitative estimate of drug-likeness (QED) is 0.440. The van der Waals surface area contributed by atoms with E-state index in [0.29, 0.717) is 5.75 Å². The van der Waals surface area contributed by atoms with Crippen molar-refractivity contribution in [3.05, 3.63) is 95.6 Å². The molecule has 3 heterocycles. The third kappa shape index (κ3) is 3.61. The van der Waals surface area contributed by atoms with Gasteiger partial charge in [-0.1, -0.05) is 36.4 Å². The molecule has 0 aliphatic carbocycles. The van der Waals surface area contributed by atoms with Crippen molar-refractivity contribution in [3.63, 3.8) is 0 Å². The van der Waals surface area contributed by atoms with Gasteiger partial charge in [-0.15, -0.1) is 0 Å².